The van der Waals surface area contributed by atoms with Gasteiger partial charge in [-0.15, -0.1) is 0 Å². The topological polar surface area (TPSA) is 35.2 Å². The molecule has 4 nitrogen and oxygen atoms in total. The normalized spacial score (nSPS) is 23.1. The lowest BCUT2D eigenvalue weighted by molar-refractivity contribution is 0.263. The average molecular weight is 517 g/mol. The van der Waals surface area contributed by atoms with Crippen molar-refractivity contribution in [3.8, 4) is 0 Å². The molecule has 2 fully saturated rings. The number of allylic oxidation sites excluding steroid dienone is 1. The van der Waals surface area contributed by atoms with E-state index < -0.39 is 0 Å². The van der Waals surface area contributed by atoms with Crippen LogP contribution in [0.2, 0.25) is 0 Å². The summed E-state index contributed by atoms with van der Waals surface area (Å²) in [6.07, 6.45) is 4.31. The number of imidazole rings is 1. The van der Waals surface area contributed by atoms with Crippen molar-refractivity contribution in [3.63, 3.8) is 0 Å². The third-order valence-corrected chi connectivity index (χ3v) is 9.13. The second-order valence-corrected chi connectivity index (χ2v) is 13.0. The SMILES string of the molecule is C=C([C@@H](C)C(C)C)N1CCC[C@H]1c1nc2ccc(C3CC[C@H](C)N3c3ccc(C(C)(C)C)cc3F)cc2[nH]1. The first kappa shape index (κ1) is 26.8. The molecule has 2 saturated heterocycles. The van der Waals surface area contributed by atoms with Crippen molar-refractivity contribution >= 4 is 16.7 Å². The molecule has 2 aromatic carbocycles. The quantitative estimate of drug-likeness (QED) is 0.356. The number of hydrogen-bond donors (Lipinski definition) is 1. The molecule has 204 valence electrons. The molecular weight excluding hydrogens is 471 g/mol. The summed E-state index contributed by atoms with van der Waals surface area (Å²) in [4.78, 5) is 13.4. The second kappa shape index (κ2) is 10.1. The Kier molecular flexibility index (Phi) is 7.08. The molecule has 3 heterocycles. The molecule has 0 spiro atoms. The molecule has 0 aliphatic carbocycles. The van der Waals surface area contributed by atoms with Crippen LogP contribution in [0.3, 0.4) is 0 Å². The minimum atomic E-state index is -0.127. The van der Waals surface area contributed by atoms with Crippen LogP contribution in [0.1, 0.15) is 103 Å². The molecule has 0 saturated carbocycles. The van der Waals surface area contributed by atoms with E-state index in [1.807, 2.05) is 6.07 Å². The van der Waals surface area contributed by atoms with E-state index in [-0.39, 0.29) is 29.4 Å². The highest BCUT2D eigenvalue weighted by molar-refractivity contribution is 5.76. The summed E-state index contributed by atoms with van der Waals surface area (Å²) in [5.74, 6) is 1.92. The van der Waals surface area contributed by atoms with E-state index in [2.05, 4.69) is 94.1 Å². The number of nitrogens with one attached hydrogen (secondary N) is 1. The van der Waals surface area contributed by atoms with E-state index >= 15 is 4.39 Å². The number of aromatic nitrogens is 2. The van der Waals surface area contributed by atoms with E-state index in [9.17, 15) is 0 Å². The first-order chi connectivity index (χ1) is 18.0. The molecule has 0 amide bonds. The summed E-state index contributed by atoms with van der Waals surface area (Å²) < 4.78 is 15.5. The van der Waals surface area contributed by atoms with Crippen molar-refractivity contribution in [2.45, 2.75) is 97.7 Å². The van der Waals surface area contributed by atoms with Crippen LogP contribution in [-0.4, -0.2) is 27.5 Å². The number of halogens is 1. The first-order valence-electron chi connectivity index (χ1n) is 14.5. The predicted molar refractivity (Wildman–Crippen MR) is 157 cm³/mol. The van der Waals surface area contributed by atoms with Crippen LogP contribution in [-0.2, 0) is 5.41 Å². The van der Waals surface area contributed by atoms with Crippen LogP contribution in [0.15, 0.2) is 48.7 Å². The molecule has 1 aromatic heterocycles. The van der Waals surface area contributed by atoms with Gasteiger partial charge >= 0.3 is 0 Å². The maximum atomic E-state index is 15.5. The Bertz CT molecular complexity index is 1320. The van der Waals surface area contributed by atoms with Gasteiger partial charge in [0.15, 0.2) is 0 Å². The third-order valence-electron chi connectivity index (χ3n) is 9.13. The summed E-state index contributed by atoms with van der Waals surface area (Å²) in [6, 6.07) is 13.0. The molecule has 3 aromatic rings. The zero-order chi connectivity index (χ0) is 27.4. The van der Waals surface area contributed by atoms with Gasteiger partial charge in [0, 0.05) is 18.3 Å². The summed E-state index contributed by atoms with van der Waals surface area (Å²) in [5.41, 5.74) is 6.16. The smallest absolute Gasteiger partial charge is 0.146 e. The lowest BCUT2D eigenvalue weighted by Gasteiger charge is -2.32. The van der Waals surface area contributed by atoms with Crippen molar-refractivity contribution in [3.05, 3.63) is 71.4 Å². The molecule has 4 atom stereocenters. The highest BCUT2D eigenvalue weighted by atomic mass is 19.1. The van der Waals surface area contributed by atoms with Gasteiger partial charge in [-0.2, -0.15) is 0 Å². The number of rotatable bonds is 6. The molecule has 2 aliphatic rings. The molecule has 5 rings (SSSR count). The number of likely N-dealkylation sites (tertiary alicyclic amines) is 1. The third kappa shape index (κ3) is 4.85. The second-order valence-electron chi connectivity index (χ2n) is 13.0. The van der Waals surface area contributed by atoms with E-state index in [0.717, 1.165) is 54.6 Å². The van der Waals surface area contributed by atoms with Gasteiger partial charge in [0.2, 0.25) is 0 Å². The van der Waals surface area contributed by atoms with Gasteiger partial charge in [0.1, 0.15) is 11.6 Å². The van der Waals surface area contributed by atoms with Gasteiger partial charge in [0.05, 0.1) is 28.8 Å². The Morgan fingerprint density at radius 3 is 2.50 bits per heavy atom. The van der Waals surface area contributed by atoms with E-state index in [1.165, 1.54) is 11.3 Å². The van der Waals surface area contributed by atoms with Crippen molar-refractivity contribution in [2.75, 3.05) is 11.4 Å². The molecule has 5 heteroatoms. The van der Waals surface area contributed by atoms with Crippen molar-refractivity contribution < 1.29 is 4.39 Å². The summed E-state index contributed by atoms with van der Waals surface area (Å²) >= 11 is 0. The van der Waals surface area contributed by atoms with Gasteiger partial charge in [-0.25, -0.2) is 9.37 Å². The Morgan fingerprint density at radius 2 is 1.82 bits per heavy atom. The maximum absolute atomic E-state index is 15.5. The zero-order valence-electron chi connectivity index (χ0n) is 24.3. The van der Waals surface area contributed by atoms with Crippen LogP contribution in [0.5, 0.6) is 0 Å². The Balaban J connectivity index is 1.43. The molecule has 1 N–H and O–H groups in total. The van der Waals surface area contributed by atoms with Crippen LogP contribution in [0, 0.1) is 17.7 Å². The number of aromatic amines is 1. The Hall–Kier alpha value is -2.82. The van der Waals surface area contributed by atoms with E-state index in [4.69, 9.17) is 4.98 Å². The van der Waals surface area contributed by atoms with E-state index in [0.29, 0.717) is 17.5 Å². The fourth-order valence-corrected chi connectivity index (χ4v) is 6.35. The fraction of sp³-hybridized carbons (Fsp3) is 0.545. The maximum Gasteiger partial charge on any atom is 0.146 e. The van der Waals surface area contributed by atoms with Crippen LogP contribution < -0.4 is 4.90 Å². The standard InChI is InChI=1S/C33H45FN4/c1-20(2)22(4)23(5)37-17-9-10-31(37)32-35-27-14-12-24(18-28(27)36-32)29-15-11-21(3)38(29)30-16-13-25(19-26(30)34)33(6,7)8/h12-14,16,18-22,29,31H,5,9-11,15,17H2,1-4,6-8H3,(H,35,36)/t21-,22-,29?,31-/m0/s1. The number of H-pyrrole nitrogens is 1. The molecule has 0 radical (unpaired) electrons. The molecule has 0 bridgehead atoms. The fourth-order valence-electron chi connectivity index (χ4n) is 6.35. The molecular formula is C33H45FN4. The van der Waals surface area contributed by atoms with Crippen LogP contribution in [0.25, 0.3) is 11.0 Å². The highest BCUT2D eigenvalue weighted by Gasteiger charge is 2.35. The Labute approximate surface area is 228 Å². The molecule has 2 aliphatic heterocycles. The highest BCUT2D eigenvalue weighted by Crippen LogP contribution is 2.43. The monoisotopic (exact) mass is 516 g/mol. The summed E-state index contributed by atoms with van der Waals surface area (Å²) in [5, 5.41) is 0. The predicted octanol–water partition coefficient (Wildman–Crippen LogP) is 8.67. The molecule has 1 unspecified atom stereocenters. The number of hydrogen-bond acceptors (Lipinski definition) is 3. The number of fused-ring (bicyclic) bond motifs is 1. The number of anilines is 1. The van der Waals surface area contributed by atoms with Crippen molar-refractivity contribution in [1.29, 1.82) is 0 Å². The Morgan fingerprint density at radius 1 is 1.05 bits per heavy atom. The number of benzene rings is 2. The summed E-state index contributed by atoms with van der Waals surface area (Å²) in [7, 11) is 0. The van der Waals surface area contributed by atoms with Gasteiger partial charge < -0.3 is 14.8 Å². The number of nitrogens with zero attached hydrogens (tertiary/aromatic N) is 3. The lowest BCUT2D eigenvalue weighted by atomic mass is 9.87. The first-order valence-corrected chi connectivity index (χ1v) is 14.5. The molecule has 38 heavy (non-hydrogen) atoms. The zero-order valence-corrected chi connectivity index (χ0v) is 24.3. The summed E-state index contributed by atoms with van der Waals surface area (Å²) in [6.45, 7) is 20.9. The van der Waals surface area contributed by atoms with Gasteiger partial charge in [-0.3, -0.25) is 0 Å². The minimum absolute atomic E-state index is 0.0765. The average Bonchev–Trinajstić information content (AvgIpc) is 3.59. The largest absolute Gasteiger partial charge is 0.365 e. The van der Waals surface area contributed by atoms with Crippen molar-refractivity contribution in [2.24, 2.45) is 11.8 Å². The van der Waals surface area contributed by atoms with E-state index in [1.54, 1.807) is 6.07 Å². The van der Waals surface area contributed by atoms with Gasteiger partial charge in [-0.05, 0) is 85.3 Å². The van der Waals surface area contributed by atoms with Gasteiger partial charge in [-0.1, -0.05) is 60.3 Å². The lowest BCUT2D eigenvalue weighted by Crippen LogP contribution is -2.30. The van der Waals surface area contributed by atoms with Gasteiger partial charge in [0.25, 0.3) is 0 Å². The van der Waals surface area contributed by atoms with Crippen LogP contribution in [0.4, 0.5) is 10.1 Å². The minimum Gasteiger partial charge on any atom is -0.365 e. The van der Waals surface area contributed by atoms with Crippen molar-refractivity contribution in [1.82, 2.24) is 14.9 Å². The van der Waals surface area contributed by atoms with Crippen LogP contribution >= 0.6 is 0 Å².